The minimum atomic E-state index is -3.84. The summed E-state index contributed by atoms with van der Waals surface area (Å²) < 4.78 is 33.6. The van der Waals surface area contributed by atoms with E-state index in [1.54, 1.807) is 12.3 Å². The van der Waals surface area contributed by atoms with Gasteiger partial charge in [0.15, 0.2) is 0 Å². The number of benzene rings is 2. The molecule has 1 N–H and O–H groups in total. The highest BCUT2D eigenvalue weighted by molar-refractivity contribution is 7.89. The molecular formula is C20H19N3O5S. The van der Waals surface area contributed by atoms with E-state index in [2.05, 4.69) is 15.7 Å². The van der Waals surface area contributed by atoms with Gasteiger partial charge in [-0.25, -0.2) is 13.1 Å². The number of nitrogens with zero attached hydrogens (tertiary/aromatic N) is 2. The molecular weight excluding hydrogens is 394 g/mol. The molecule has 0 unspecified atom stereocenters. The number of hydrogen-bond donors (Lipinski definition) is 1. The van der Waals surface area contributed by atoms with E-state index >= 15 is 0 Å². The zero-order chi connectivity index (χ0) is 20.4. The molecule has 0 saturated heterocycles. The first kappa shape index (κ1) is 19.2. The first-order chi connectivity index (χ1) is 14.0. The molecule has 2 heterocycles. The second-order valence-corrected chi connectivity index (χ2v) is 8.47. The number of nitro benzene ring substituents is 1. The lowest BCUT2D eigenvalue weighted by molar-refractivity contribution is -0.384. The maximum absolute atomic E-state index is 12.7. The van der Waals surface area contributed by atoms with Crippen LogP contribution in [0.2, 0.25) is 0 Å². The molecule has 0 fully saturated rings. The van der Waals surface area contributed by atoms with Gasteiger partial charge in [0.05, 0.1) is 16.1 Å². The highest BCUT2D eigenvalue weighted by atomic mass is 32.2. The van der Waals surface area contributed by atoms with Crippen molar-refractivity contribution in [3.63, 3.8) is 0 Å². The Bertz CT molecular complexity index is 1110. The van der Waals surface area contributed by atoms with Gasteiger partial charge in [0, 0.05) is 30.9 Å². The summed E-state index contributed by atoms with van der Waals surface area (Å²) in [7, 11) is -3.84. The molecule has 8 nitrogen and oxygen atoms in total. The van der Waals surface area contributed by atoms with Crippen LogP contribution in [0.15, 0.2) is 76.2 Å². The number of nitrogens with one attached hydrogen (secondary N) is 1. The van der Waals surface area contributed by atoms with E-state index in [1.807, 2.05) is 24.3 Å². The van der Waals surface area contributed by atoms with Crippen LogP contribution in [-0.4, -0.2) is 26.4 Å². The number of para-hydroxylation sites is 1. The van der Waals surface area contributed by atoms with Crippen molar-refractivity contribution in [3.05, 3.63) is 88.4 Å². The summed E-state index contributed by atoms with van der Waals surface area (Å²) in [6, 6.07) is 16.1. The van der Waals surface area contributed by atoms with Crippen molar-refractivity contribution in [2.75, 3.05) is 18.0 Å². The molecule has 0 saturated carbocycles. The van der Waals surface area contributed by atoms with Gasteiger partial charge < -0.3 is 9.32 Å². The molecule has 1 aromatic heterocycles. The van der Waals surface area contributed by atoms with Gasteiger partial charge in [-0.15, -0.1) is 0 Å². The fourth-order valence-electron chi connectivity index (χ4n) is 3.55. The van der Waals surface area contributed by atoms with Gasteiger partial charge in [-0.3, -0.25) is 10.1 Å². The summed E-state index contributed by atoms with van der Waals surface area (Å²) in [6.07, 6.45) is 2.44. The van der Waals surface area contributed by atoms with Crippen LogP contribution in [0.4, 0.5) is 11.4 Å². The molecule has 0 spiro atoms. The third-order valence-corrected chi connectivity index (χ3v) is 6.43. The molecule has 0 radical (unpaired) electrons. The van der Waals surface area contributed by atoms with E-state index in [9.17, 15) is 18.5 Å². The average Bonchev–Trinajstić information content (AvgIpc) is 3.39. The lowest BCUT2D eigenvalue weighted by Crippen LogP contribution is -2.37. The van der Waals surface area contributed by atoms with Crippen LogP contribution in [0.25, 0.3) is 0 Å². The topological polar surface area (TPSA) is 106 Å². The molecule has 0 aliphatic carbocycles. The zero-order valence-corrected chi connectivity index (χ0v) is 16.2. The summed E-state index contributed by atoms with van der Waals surface area (Å²) in [5.74, 6) is 0.660. The maximum atomic E-state index is 12.7. The van der Waals surface area contributed by atoms with Gasteiger partial charge in [0.2, 0.25) is 10.0 Å². The Kier molecular flexibility index (Phi) is 5.08. The Morgan fingerprint density at radius 3 is 2.55 bits per heavy atom. The summed E-state index contributed by atoms with van der Waals surface area (Å²) in [5, 5.41) is 10.8. The van der Waals surface area contributed by atoms with Crippen molar-refractivity contribution in [1.29, 1.82) is 0 Å². The van der Waals surface area contributed by atoms with Crippen LogP contribution in [0.3, 0.4) is 0 Å². The second kappa shape index (κ2) is 7.69. The molecule has 1 aliphatic rings. The third kappa shape index (κ3) is 3.87. The lowest BCUT2D eigenvalue weighted by atomic mass is 10.1. The van der Waals surface area contributed by atoms with E-state index in [4.69, 9.17) is 4.42 Å². The fraction of sp³-hybridized carbons (Fsp3) is 0.200. The number of furan rings is 1. The van der Waals surface area contributed by atoms with Gasteiger partial charge in [0.25, 0.3) is 5.69 Å². The van der Waals surface area contributed by atoms with Crippen LogP contribution in [0, 0.1) is 10.1 Å². The Morgan fingerprint density at radius 1 is 1.10 bits per heavy atom. The minimum Gasteiger partial charge on any atom is -0.467 e. The fourth-order valence-corrected chi connectivity index (χ4v) is 4.59. The molecule has 1 atom stereocenters. The highest BCUT2D eigenvalue weighted by Gasteiger charge is 2.30. The highest BCUT2D eigenvalue weighted by Crippen LogP contribution is 2.35. The standard InChI is InChI=1S/C20H19N3O5S/c24-23(25)16-7-9-17(10-8-16)29(26,27)21-14-19(20-6-3-13-28-20)22-12-11-15-4-1-2-5-18(15)22/h1-10,13,19,21H,11-12,14H2/t19-/m1/s1. The molecule has 2 aromatic carbocycles. The monoisotopic (exact) mass is 413 g/mol. The van der Waals surface area contributed by atoms with Gasteiger partial charge >= 0.3 is 0 Å². The van der Waals surface area contributed by atoms with Crippen LogP contribution in [-0.2, 0) is 16.4 Å². The normalized spacial score (nSPS) is 14.6. The zero-order valence-electron chi connectivity index (χ0n) is 15.4. The minimum absolute atomic E-state index is 0.0249. The average molecular weight is 413 g/mol. The summed E-state index contributed by atoms with van der Waals surface area (Å²) in [5.41, 5.74) is 2.11. The molecule has 0 amide bonds. The molecule has 4 rings (SSSR count). The smallest absolute Gasteiger partial charge is 0.269 e. The summed E-state index contributed by atoms with van der Waals surface area (Å²) in [6.45, 7) is 0.852. The summed E-state index contributed by atoms with van der Waals surface area (Å²) in [4.78, 5) is 12.3. The predicted molar refractivity (Wildman–Crippen MR) is 107 cm³/mol. The van der Waals surface area contributed by atoms with Gasteiger partial charge in [-0.1, -0.05) is 18.2 Å². The van der Waals surface area contributed by atoms with Gasteiger partial charge in [-0.2, -0.15) is 0 Å². The number of non-ortho nitro benzene ring substituents is 1. The molecule has 150 valence electrons. The first-order valence-electron chi connectivity index (χ1n) is 9.08. The largest absolute Gasteiger partial charge is 0.467 e. The van der Waals surface area contributed by atoms with Gasteiger partial charge in [0.1, 0.15) is 11.8 Å². The van der Waals surface area contributed by atoms with E-state index < -0.39 is 14.9 Å². The Hall–Kier alpha value is -3.17. The maximum Gasteiger partial charge on any atom is 0.269 e. The quantitative estimate of drug-likeness (QED) is 0.471. The first-order valence-corrected chi connectivity index (χ1v) is 10.6. The number of rotatable bonds is 7. The van der Waals surface area contributed by atoms with Crippen LogP contribution in [0.5, 0.6) is 0 Å². The molecule has 0 bridgehead atoms. The molecule has 29 heavy (non-hydrogen) atoms. The van der Waals surface area contributed by atoms with E-state index in [0.29, 0.717) is 5.76 Å². The lowest BCUT2D eigenvalue weighted by Gasteiger charge is -2.29. The number of anilines is 1. The van der Waals surface area contributed by atoms with Gasteiger partial charge in [-0.05, 0) is 42.3 Å². The second-order valence-electron chi connectivity index (χ2n) is 6.71. The van der Waals surface area contributed by atoms with Crippen molar-refractivity contribution in [1.82, 2.24) is 4.72 Å². The summed E-state index contributed by atoms with van der Waals surface area (Å²) >= 11 is 0. The van der Waals surface area contributed by atoms with Crippen LogP contribution in [0.1, 0.15) is 17.4 Å². The van der Waals surface area contributed by atoms with Crippen LogP contribution < -0.4 is 9.62 Å². The van der Waals surface area contributed by atoms with Crippen molar-refractivity contribution in [3.8, 4) is 0 Å². The van der Waals surface area contributed by atoms with E-state index in [0.717, 1.165) is 18.7 Å². The van der Waals surface area contributed by atoms with Crippen molar-refractivity contribution < 1.29 is 17.8 Å². The SMILES string of the molecule is O=[N+]([O-])c1ccc(S(=O)(=O)NC[C@H](c2ccco2)N2CCc3ccccc32)cc1. The molecule has 9 heteroatoms. The van der Waals surface area contributed by atoms with E-state index in [-0.39, 0.29) is 23.2 Å². The Morgan fingerprint density at radius 2 is 1.86 bits per heavy atom. The van der Waals surface area contributed by atoms with Crippen molar-refractivity contribution >= 4 is 21.4 Å². The number of sulfonamides is 1. The van der Waals surface area contributed by atoms with E-state index in [1.165, 1.54) is 29.8 Å². The number of nitro groups is 1. The van der Waals surface area contributed by atoms with Crippen molar-refractivity contribution in [2.45, 2.75) is 17.4 Å². The number of hydrogen-bond acceptors (Lipinski definition) is 6. The third-order valence-electron chi connectivity index (χ3n) is 5.00. The predicted octanol–water partition coefficient (Wildman–Crippen LogP) is 3.27. The molecule has 1 aliphatic heterocycles. The molecule has 3 aromatic rings. The number of fused-ring (bicyclic) bond motifs is 1. The Balaban J connectivity index is 1.57. The van der Waals surface area contributed by atoms with Crippen LogP contribution >= 0.6 is 0 Å². The Labute approximate surface area is 168 Å². The van der Waals surface area contributed by atoms with Crippen molar-refractivity contribution in [2.24, 2.45) is 0 Å².